The zero-order valence-electron chi connectivity index (χ0n) is 10.5. The van der Waals surface area contributed by atoms with Crippen LogP contribution in [-0.4, -0.2) is 43.5 Å². The second-order valence-electron chi connectivity index (χ2n) is 6.08. The topological polar surface area (TPSA) is 58.4 Å². The first-order valence-corrected chi connectivity index (χ1v) is 6.95. The molecule has 0 aromatic rings. The number of hydrogen-bond donors (Lipinski definition) is 2. The maximum atomic E-state index is 12.7. The Hall–Kier alpha value is -0.610. The smallest absolute Gasteiger partial charge is 0.230 e. The van der Waals surface area contributed by atoms with E-state index < -0.39 is 0 Å². The van der Waals surface area contributed by atoms with E-state index in [9.17, 15) is 4.79 Å². The van der Waals surface area contributed by atoms with E-state index in [2.05, 4.69) is 10.2 Å². The standard InChI is InChI=1S/C13H23N3O/c14-9-13(3-1-2-4-13)12(17)16-7-10-5-15-6-11(10)8-16/h10-11,15H,1-9,14H2/t10-,11+. The quantitative estimate of drug-likeness (QED) is 0.720. The van der Waals surface area contributed by atoms with E-state index >= 15 is 0 Å². The maximum Gasteiger partial charge on any atom is 0.230 e. The fourth-order valence-electron chi connectivity index (χ4n) is 3.91. The van der Waals surface area contributed by atoms with E-state index in [1.54, 1.807) is 0 Å². The van der Waals surface area contributed by atoms with Gasteiger partial charge in [-0.15, -0.1) is 0 Å². The zero-order chi connectivity index (χ0) is 11.9. The number of amides is 1. The lowest BCUT2D eigenvalue weighted by atomic mass is 9.84. The minimum Gasteiger partial charge on any atom is -0.341 e. The van der Waals surface area contributed by atoms with Gasteiger partial charge < -0.3 is 16.0 Å². The van der Waals surface area contributed by atoms with Gasteiger partial charge in [-0.05, 0) is 24.7 Å². The van der Waals surface area contributed by atoms with Crippen LogP contribution >= 0.6 is 0 Å². The fourth-order valence-corrected chi connectivity index (χ4v) is 3.91. The van der Waals surface area contributed by atoms with Gasteiger partial charge in [0.1, 0.15) is 0 Å². The maximum absolute atomic E-state index is 12.7. The molecule has 0 aromatic heterocycles. The Kier molecular flexibility index (Phi) is 2.87. The molecule has 1 saturated carbocycles. The predicted octanol–water partition coefficient (Wildman–Crippen LogP) is 0.183. The molecule has 3 rings (SSSR count). The summed E-state index contributed by atoms with van der Waals surface area (Å²) in [4.78, 5) is 14.8. The van der Waals surface area contributed by atoms with Crippen molar-refractivity contribution in [3.8, 4) is 0 Å². The molecule has 1 amide bonds. The van der Waals surface area contributed by atoms with Crippen LogP contribution in [0.25, 0.3) is 0 Å². The van der Waals surface area contributed by atoms with Crippen molar-refractivity contribution in [3.05, 3.63) is 0 Å². The number of hydrogen-bond acceptors (Lipinski definition) is 3. The third-order valence-corrected chi connectivity index (χ3v) is 5.08. The van der Waals surface area contributed by atoms with Crippen molar-refractivity contribution in [3.63, 3.8) is 0 Å². The number of carbonyl (C=O) groups excluding carboxylic acids is 1. The molecule has 0 radical (unpaired) electrons. The van der Waals surface area contributed by atoms with E-state index in [4.69, 9.17) is 5.73 Å². The van der Waals surface area contributed by atoms with Crippen molar-refractivity contribution in [2.24, 2.45) is 23.0 Å². The first-order valence-electron chi connectivity index (χ1n) is 6.95. The lowest BCUT2D eigenvalue weighted by molar-refractivity contribution is -0.140. The molecule has 3 aliphatic rings. The first kappa shape index (κ1) is 11.5. The molecule has 4 heteroatoms. The number of likely N-dealkylation sites (tertiary alicyclic amines) is 1. The minimum atomic E-state index is -0.202. The average molecular weight is 237 g/mol. The SMILES string of the molecule is NCC1(C(=O)N2C[C@H]3CNC[C@H]3C2)CCCC1. The molecule has 0 unspecified atom stereocenters. The summed E-state index contributed by atoms with van der Waals surface area (Å²) in [5, 5.41) is 3.41. The normalized spacial score (nSPS) is 35.2. The second kappa shape index (κ2) is 4.25. The van der Waals surface area contributed by atoms with Crippen LogP contribution in [0.5, 0.6) is 0 Å². The van der Waals surface area contributed by atoms with Crippen LogP contribution in [0.4, 0.5) is 0 Å². The van der Waals surface area contributed by atoms with E-state index in [0.29, 0.717) is 24.3 Å². The average Bonchev–Trinajstić information content (AvgIpc) is 3.03. The number of rotatable bonds is 2. The van der Waals surface area contributed by atoms with Crippen LogP contribution in [-0.2, 0) is 4.79 Å². The molecule has 0 spiro atoms. The van der Waals surface area contributed by atoms with Gasteiger partial charge in [-0.1, -0.05) is 12.8 Å². The Labute approximate surface area is 103 Å². The van der Waals surface area contributed by atoms with Crippen LogP contribution in [0.1, 0.15) is 25.7 Å². The Morgan fingerprint density at radius 3 is 2.35 bits per heavy atom. The van der Waals surface area contributed by atoms with Gasteiger partial charge in [-0.25, -0.2) is 0 Å². The largest absolute Gasteiger partial charge is 0.341 e. The molecule has 1 aliphatic carbocycles. The van der Waals surface area contributed by atoms with Crippen LogP contribution in [0.2, 0.25) is 0 Å². The van der Waals surface area contributed by atoms with Gasteiger partial charge in [0.05, 0.1) is 5.41 Å². The highest BCUT2D eigenvalue weighted by molar-refractivity contribution is 5.83. The molecule has 2 aliphatic heterocycles. The molecular formula is C13H23N3O. The van der Waals surface area contributed by atoms with Crippen LogP contribution in [0, 0.1) is 17.3 Å². The molecule has 0 aromatic carbocycles. The number of fused-ring (bicyclic) bond motifs is 1. The summed E-state index contributed by atoms with van der Waals surface area (Å²) in [5.41, 5.74) is 5.69. The number of nitrogens with two attached hydrogens (primary N) is 1. The van der Waals surface area contributed by atoms with Crippen molar-refractivity contribution >= 4 is 5.91 Å². The van der Waals surface area contributed by atoms with Crippen molar-refractivity contribution < 1.29 is 4.79 Å². The van der Waals surface area contributed by atoms with E-state index in [0.717, 1.165) is 39.0 Å². The number of carbonyl (C=O) groups is 1. The number of nitrogens with zero attached hydrogens (tertiary/aromatic N) is 1. The molecule has 3 N–H and O–H groups in total. The third kappa shape index (κ3) is 1.78. The van der Waals surface area contributed by atoms with Crippen molar-refractivity contribution in [1.29, 1.82) is 0 Å². The van der Waals surface area contributed by atoms with Crippen LogP contribution in [0.3, 0.4) is 0 Å². The summed E-state index contributed by atoms with van der Waals surface area (Å²) < 4.78 is 0. The van der Waals surface area contributed by atoms with Crippen molar-refractivity contribution in [2.45, 2.75) is 25.7 Å². The lowest BCUT2D eigenvalue weighted by Crippen LogP contribution is -2.46. The highest BCUT2D eigenvalue weighted by Gasteiger charge is 2.46. The number of nitrogens with one attached hydrogen (secondary N) is 1. The third-order valence-electron chi connectivity index (χ3n) is 5.08. The Morgan fingerprint density at radius 2 is 1.82 bits per heavy atom. The fraction of sp³-hybridized carbons (Fsp3) is 0.923. The van der Waals surface area contributed by atoms with E-state index in [1.807, 2.05) is 0 Å². The summed E-state index contributed by atoms with van der Waals surface area (Å²) in [6.07, 6.45) is 4.36. The van der Waals surface area contributed by atoms with Gasteiger partial charge in [0.25, 0.3) is 0 Å². The molecular weight excluding hydrogens is 214 g/mol. The molecule has 2 saturated heterocycles. The molecule has 4 nitrogen and oxygen atoms in total. The van der Waals surface area contributed by atoms with E-state index in [1.165, 1.54) is 12.8 Å². The van der Waals surface area contributed by atoms with E-state index in [-0.39, 0.29) is 5.41 Å². The van der Waals surface area contributed by atoms with Gasteiger partial charge >= 0.3 is 0 Å². The van der Waals surface area contributed by atoms with Crippen LogP contribution < -0.4 is 11.1 Å². The van der Waals surface area contributed by atoms with Crippen molar-refractivity contribution in [2.75, 3.05) is 32.7 Å². The van der Waals surface area contributed by atoms with Gasteiger partial charge in [-0.3, -0.25) is 4.79 Å². The molecule has 17 heavy (non-hydrogen) atoms. The molecule has 2 atom stereocenters. The monoisotopic (exact) mass is 237 g/mol. The molecule has 0 bridgehead atoms. The summed E-state index contributed by atoms with van der Waals surface area (Å²) in [5.74, 6) is 1.73. The van der Waals surface area contributed by atoms with Gasteiger partial charge in [0, 0.05) is 32.7 Å². The first-order chi connectivity index (χ1) is 8.25. The summed E-state index contributed by atoms with van der Waals surface area (Å²) in [6.45, 7) is 4.63. The van der Waals surface area contributed by atoms with Gasteiger partial charge in [0.2, 0.25) is 5.91 Å². The predicted molar refractivity (Wildman–Crippen MR) is 66.4 cm³/mol. The minimum absolute atomic E-state index is 0.202. The Bertz CT molecular complexity index is 300. The Morgan fingerprint density at radius 1 is 1.24 bits per heavy atom. The molecule has 2 heterocycles. The Balaban J connectivity index is 1.70. The molecule has 96 valence electrons. The molecule has 3 fully saturated rings. The zero-order valence-corrected chi connectivity index (χ0v) is 10.5. The van der Waals surface area contributed by atoms with Crippen LogP contribution in [0.15, 0.2) is 0 Å². The highest BCUT2D eigenvalue weighted by atomic mass is 16.2. The van der Waals surface area contributed by atoms with Gasteiger partial charge in [0.15, 0.2) is 0 Å². The summed E-state index contributed by atoms with van der Waals surface area (Å²) >= 11 is 0. The summed E-state index contributed by atoms with van der Waals surface area (Å²) in [6, 6.07) is 0. The highest BCUT2D eigenvalue weighted by Crippen LogP contribution is 2.40. The van der Waals surface area contributed by atoms with Crippen molar-refractivity contribution in [1.82, 2.24) is 10.2 Å². The summed E-state index contributed by atoms with van der Waals surface area (Å²) in [7, 11) is 0. The second-order valence-corrected chi connectivity index (χ2v) is 6.08. The lowest BCUT2D eigenvalue weighted by Gasteiger charge is -2.31. The van der Waals surface area contributed by atoms with Gasteiger partial charge in [-0.2, -0.15) is 0 Å².